The molecule has 6 nitrogen and oxygen atoms in total. The highest BCUT2D eigenvalue weighted by molar-refractivity contribution is 5.57. The quantitative estimate of drug-likeness (QED) is 0.699. The highest BCUT2D eigenvalue weighted by atomic mass is 16.5. The van der Waals surface area contributed by atoms with E-state index in [2.05, 4.69) is 32.2 Å². The maximum absolute atomic E-state index is 9.09. The lowest BCUT2D eigenvalue weighted by Gasteiger charge is -2.33. The van der Waals surface area contributed by atoms with Crippen molar-refractivity contribution in [2.75, 3.05) is 6.54 Å². The van der Waals surface area contributed by atoms with E-state index in [1.807, 2.05) is 31.2 Å². The Bertz CT molecular complexity index is 974. The third-order valence-electron chi connectivity index (χ3n) is 4.90. The highest BCUT2D eigenvalue weighted by Crippen LogP contribution is 2.32. The van der Waals surface area contributed by atoms with Crippen molar-refractivity contribution in [3.05, 3.63) is 65.3 Å². The van der Waals surface area contributed by atoms with Crippen molar-refractivity contribution < 1.29 is 4.52 Å². The van der Waals surface area contributed by atoms with Crippen LogP contribution in [0.4, 0.5) is 0 Å². The van der Waals surface area contributed by atoms with Crippen LogP contribution in [0.1, 0.15) is 48.1 Å². The summed E-state index contributed by atoms with van der Waals surface area (Å²) in [5, 5.41) is 13.2. The fourth-order valence-corrected chi connectivity index (χ4v) is 3.57. The zero-order valence-electron chi connectivity index (χ0n) is 15.3. The molecule has 0 saturated carbocycles. The fourth-order valence-electron chi connectivity index (χ4n) is 3.57. The maximum Gasteiger partial charge on any atom is 0.244 e. The molecule has 1 fully saturated rings. The molecule has 0 radical (unpaired) electrons. The van der Waals surface area contributed by atoms with Gasteiger partial charge in [-0.15, -0.1) is 0 Å². The van der Waals surface area contributed by atoms with Crippen LogP contribution in [-0.4, -0.2) is 26.6 Å². The Morgan fingerprint density at radius 2 is 2.07 bits per heavy atom. The summed E-state index contributed by atoms with van der Waals surface area (Å²) in [7, 11) is 0. The molecule has 0 amide bonds. The van der Waals surface area contributed by atoms with Gasteiger partial charge in [0.1, 0.15) is 0 Å². The van der Waals surface area contributed by atoms with Crippen molar-refractivity contribution in [1.82, 2.24) is 20.0 Å². The Labute approximate surface area is 158 Å². The third kappa shape index (κ3) is 3.88. The number of aromatic nitrogens is 3. The van der Waals surface area contributed by atoms with Crippen LogP contribution in [0.15, 0.2) is 47.0 Å². The lowest BCUT2D eigenvalue weighted by molar-refractivity contribution is 0.110. The minimum Gasteiger partial charge on any atom is -0.337 e. The summed E-state index contributed by atoms with van der Waals surface area (Å²) in [6.45, 7) is 3.77. The normalized spacial score (nSPS) is 17.6. The van der Waals surface area contributed by atoms with Crippen LogP contribution in [0.2, 0.25) is 0 Å². The average Bonchev–Trinajstić information content (AvgIpc) is 3.18. The van der Waals surface area contributed by atoms with Crippen molar-refractivity contribution >= 4 is 0 Å². The largest absolute Gasteiger partial charge is 0.337 e. The molecule has 136 valence electrons. The second-order valence-corrected chi connectivity index (χ2v) is 6.90. The van der Waals surface area contributed by atoms with Crippen molar-refractivity contribution in [3.63, 3.8) is 0 Å². The number of benzene rings is 1. The van der Waals surface area contributed by atoms with E-state index in [-0.39, 0.29) is 6.04 Å². The summed E-state index contributed by atoms with van der Waals surface area (Å²) in [5.74, 6) is 1.17. The molecule has 27 heavy (non-hydrogen) atoms. The zero-order valence-corrected chi connectivity index (χ0v) is 15.3. The van der Waals surface area contributed by atoms with Crippen LogP contribution in [0, 0.1) is 18.3 Å². The maximum atomic E-state index is 9.09. The van der Waals surface area contributed by atoms with Crippen molar-refractivity contribution in [2.45, 2.75) is 38.8 Å². The summed E-state index contributed by atoms with van der Waals surface area (Å²) in [5.41, 5.74) is 3.47. The molecule has 0 bridgehead atoms. The Hall–Kier alpha value is -3.04. The van der Waals surface area contributed by atoms with Gasteiger partial charge in [-0.2, -0.15) is 10.2 Å². The molecule has 0 aliphatic carbocycles. The first-order valence-electron chi connectivity index (χ1n) is 9.23. The number of piperidine rings is 1. The molecule has 4 rings (SSSR count). The van der Waals surface area contributed by atoms with E-state index in [0.717, 1.165) is 49.3 Å². The van der Waals surface area contributed by atoms with Crippen LogP contribution >= 0.6 is 0 Å². The van der Waals surface area contributed by atoms with E-state index in [1.165, 1.54) is 0 Å². The molecule has 1 aliphatic rings. The van der Waals surface area contributed by atoms with Crippen molar-refractivity contribution in [3.8, 4) is 17.5 Å². The molecule has 1 aromatic carbocycles. The van der Waals surface area contributed by atoms with Crippen molar-refractivity contribution in [1.29, 1.82) is 5.26 Å². The fraction of sp³-hybridized carbons (Fsp3) is 0.333. The topological polar surface area (TPSA) is 78.8 Å². The molecule has 1 unspecified atom stereocenters. The number of hydrogen-bond acceptors (Lipinski definition) is 6. The van der Waals surface area contributed by atoms with E-state index in [0.29, 0.717) is 17.3 Å². The van der Waals surface area contributed by atoms with Gasteiger partial charge in [0.2, 0.25) is 11.7 Å². The van der Waals surface area contributed by atoms with E-state index in [4.69, 9.17) is 9.78 Å². The zero-order chi connectivity index (χ0) is 18.6. The van der Waals surface area contributed by atoms with Crippen LogP contribution < -0.4 is 0 Å². The lowest BCUT2D eigenvalue weighted by atomic mass is 10.0. The summed E-state index contributed by atoms with van der Waals surface area (Å²) in [6.07, 6.45) is 3.29. The van der Waals surface area contributed by atoms with Gasteiger partial charge in [-0.1, -0.05) is 29.8 Å². The number of pyridine rings is 1. The van der Waals surface area contributed by atoms with Gasteiger partial charge in [-0.05, 0) is 50.6 Å². The molecule has 1 atom stereocenters. The molecular weight excluding hydrogens is 338 g/mol. The first kappa shape index (κ1) is 17.4. The SMILES string of the molecule is Cc1cccc(CN2CCCCC2c2nc(-c3cccc(C#N)c3)no2)n1. The molecule has 3 heterocycles. The van der Waals surface area contributed by atoms with Crippen LogP contribution in [0.3, 0.4) is 0 Å². The Balaban J connectivity index is 1.57. The van der Waals surface area contributed by atoms with Gasteiger partial charge in [-0.25, -0.2) is 0 Å². The van der Waals surface area contributed by atoms with Crippen LogP contribution in [0.5, 0.6) is 0 Å². The van der Waals surface area contributed by atoms with Gasteiger partial charge in [-0.3, -0.25) is 9.88 Å². The van der Waals surface area contributed by atoms with Gasteiger partial charge in [0, 0.05) is 17.8 Å². The number of likely N-dealkylation sites (tertiary alicyclic amines) is 1. The van der Waals surface area contributed by atoms with Crippen molar-refractivity contribution in [2.24, 2.45) is 0 Å². The molecule has 0 N–H and O–H groups in total. The Kier molecular flexibility index (Phi) is 4.95. The second-order valence-electron chi connectivity index (χ2n) is 6.90. The lowest BCUT2D eigenvalue weighted by Crippen LogP contribution is -2.33. The van der Waals surface area contributed by atoms with E-state index >= 15 is 0 Å². The Morgan fingerprint density at radius 3 is 2.93 bits per heavy atom. The monoisotopic (exact) mass is 359 g/mol. The molecule has 3 aromatic rings. The number of nitrogens with zero attached hydrogens (tertiary/aromatic N) is 5. The summed E-state index contributed by atoms with van der Waals surface area (Å²) in [4.78, 5) is 11.6. The summed E-state index contributed by atoms with van der Waals surface area (Å²) < 4.78 is 5.62. The van der Waals surface area contributed by atoms with Gasteiger partial charge in [0.25, 0.3) is 0 Å². The minimum absolute atomic E-state index is 0.0986. The van der Waals surface area contributed by atoms with Gasteiger partial charge in [0.15, 0.2) is 0 Å². The molecule has 6 heteroatoms. The van der Waals surface area contributed by atoms with Gasteiger partial charge in [0.05, 0.1) is 23.4 Å². The second kappa shape index (κ2) is 7.68. The molecular formula is C21H21N5O. The third-order valence-corrected chi connectivity index (χ3v) is 4.90. The highest BCUT2D eigenvalue weighted by Gasteiger charge is 2.29. The number of rotatable bonds is 4. The van der Waals surface area contributed by atoms with E-state index in [1.54, 1.807) is 12.1 Å². The first-order valence-corrected chi connectivity index (χ1v) is 9.23. The number of aryl methyl sites for hydroxylation is 1. The van der Waals surface area contributed by atoms with Gasteiger partial charge >= 0.3 is 0 Å². The predicted molar refractivity (Wildman–Crippen MR) is 100 cm³/mol. The van der Waals surface area contributed by atoms with E-state index in [9.17, 15) is 0 Å². The minimum atomic E-state index is 0.0986. The van der Waals surface area contributed by atoms with Crippen LogP contribution in [0.25, 0.3) is 11.4 Å². The number of hydrogen-bond donors (Lipinski definition) is 0. The summed E-state index contributed by atoms with van der Waals surface area (Å²) >= 11 is 0. The number of nitriles is 1. The van der Waals surface area contributed by atoms with E-state index < -0.39 is 0 Å². The van der Waals surface area contributed by atoms with Crippen LogP contribution in [-0.2, 0) is 6.54 Å². The predicted octanol–water partition coefficient (Wildman–Crippen LogP) is 4.04. The molecule has 1 saturated heterocycles. The standard InChI is InChI=1S/C21H21N5O/c1-15-6-4-9-18(23-15)14-26-11-3-2-10-19(26)21-24-20(25-27-21)17-8-5-7-16(12-17)13-22/h4-9,12,19H,2-3,10-11,14H2,1H3. The summed E-state index contributed by atoms with van der Waals surface area (Å²) in [6, 6.07) is 15.6. The first-order chi connectivity index (χ1) is 13.2. The van der Waals surface area contributed by atoms with Gasteiger partial charge < -0.3 is 4.52 Å². The smallest absolute Gasteiger partial charge is 0.244 e. The molecule has 0 spiro atoms. The molecule has 2 aromatic heterocycles. The molecule has 1 aliphatic heterocycles. The average molecular weight is 359 g/mol. The Morgan fingerprint density at radius 1 is 1.19 bits per heavy atom.